The Morgan fingerprint density at radius 1 is 1.04 bits per heavy atom. The van der Waals surface area contributed by atoms with Gasteiger partial charge in [-0.1, -0.05) is 18.2 Å². The summed E-state index contributed by atoms with van der Waals surface area (Å²) in [6, 6.07) is 11.7. The van der Waals surface area contributed by atoms with Crippen molar-refractivity contribution in [2.75, 3.05) is 11.9 Å². The highest BCUT2D eigenvalue weighted by Crippen LogP contribution is 2.28. The summed E-state index contributed by atoms with van der Waals surface area (Å²) in [5.41, 5.74) is 3.98. The van der Waals surface area contributed by atoms with Crippen molar-refractivity contribution >= 4 is 28.8 Å². The van der Waals surface area contributed by atoms with Gasteiger partial charge in [0.2, 0.25) is 5.91 Å². The average molecular weight is 397 g/mol. The molecule has 0 spiro atoms. The van der Waals surface area contributed by atoms with Crippen molar-refractivity contribution in [1.82, 2.24) is 10.3 Å². The minimum absolute atomic E-state index is 0.143. The van der Waals surface area contributed by atoms with E-state index in [1.165, 1.54) is 23.5 Å². The van der Waals surface area contributed by atoms with Gasteiger partial charge >= 0.3 is 0 Å². The summed E-state index contributed by atoms with van der Waals surface area (Å²) in [5.74, 6) is -0.989. The Morgan fingerprint density at radius 3 is 2.32 bits per heavy atom. The number of benzene rings is 2. The van der Waals surface area contributed by atoms with Crippen LogP contribution in [0.15, 0.2) is 42.5 Å². The van der Waals surface area contributed by atoms with E-state index in [-0.39, 0.29) is 24.2 Å². The van der Waals surface area contributed by atoms with E-state index in [2.05, 4.69) is 15.6 Å². The fourth-order valence-electron chi connectivity index (χ4n) is 2.76. The van der Waals surface area contributed by atoms with E-state index in [1.54, 1.807) is 19.1 Å². The highest BCUT2D eigenvalue weighted by atomic mass is 32.1. The van der Waals surface area contributed by atoms with Crippen LogP contribution in [0.25, 0.3) is 10.6 Å². The molecular weight excluding hydrogens is 377 g/mol. The fourth-order valence-corrected chi connectivity index (χ4v) is 3.75. The average Bonchev–Trinajstić information content (AvgIpc) is 3.05. The van der Waals surface area contributed by atoms with E-state index in [0.29, 0.717) is 15.6 Å². The normalized spacial score (nSPS) is 10.6. The molecule has 0 saturated carbocycles. The predicted octanol–water partition coefficient (Wildman–Crippen LogP) is 4.24. The molecule has 0 fully saturated rings. The number of para-hydroxylation sites is 1. The van der Waals surface area contributed by atoms with Crippen LogP contribution in [0.3, 0.4) is 0 Å². The first kappa shape index (κ1) is 19.7. The first-order valence-corrected chi connectivity index (χ1v) is 9.54. The van der Waals surface area contributed by atoms with Crippen LogP contribution < -0.4 is 10.6 Å². The molecule has 0 saturated heterocycles. The van der Waals surface area contributed by atoms with Gasteiger partial charge in [0.15, 0.2) is 0 Å². The SMILES string of the molecule is Cc1cccc(C)c1NC(=O)CNC(=O)c1sc(-c2ccc(F)cc2)nc1C. The zero-order valence-electron chi connectivity index (χ0n) is 15.8. The molecule has 2 amide bonds. The number of hydrogen-bond donors (Lipinski definition) is 2. The third-order valence-electron chi connectivity index (χ3n) is 4.25. The molecule has 0 aliphatic rings. The fraction of sp³-hybridized carbons (Fsp3) is 0.190. The van der Waals surface area contributed by atoms with Crippen molar-refractivity contribution in [3.63, 3.8) is 0 Å². The smallest absolute Gasteiger partial charge is 0.263 e. The number of rotatable bonds is 5. The van der Waals surface area contributed by atoms with Gasteiger partial charge in [0.25, 0.3) is 5.91 Å². The van der Waals surface area contributed by atoms with Gasteiger partial charge in [-0.05, 0) is 56.2 Å². The van der Waals surface area contributed by atoms with Crippen LogP contribution in [0.4, 0.5) is 10.1 Å². The number of amides is 2. The number of hydrogen-bond acceptors (Lipinski definition) is 4. The first-order chi connectivity index (χ1) is 13.3. The molecule has 0 bridgehead atoms. The number of aromatic nitrogens is 1. The van der Waals surface area contributed by atoms with Gasteiger partial charge in [-0.3, -0.25) is 9.59 Å². The van der Waals surface area contributed by atoms with Crippen LogP contribution in [0.5, 0.6) is 0 Å². The number of nitrogens with one attached hydrogen (secondary N) is 2. The molecule has 3 rings (SSSR count). The number of nitrogens with zero attached hydrogens (tertiary/aromatic N) is 1. The molecule has 5 nitrogen and oxygen atoms in total. The Morgan fingerprint density at radius 2 is 1.68 bits per heavy atom. The molecule has 7 heteroatoms. The minimum Gasteiger partial charge on any atom is -0.342 e. The highest BCUT2D eigenvalue weighted by molar-refractivity contribution is 7.17. The molecule has 1 heterocycles. The quantitative estimate of drug-likeness (QED) is 0.676. The lowest BCUT2D eigenvalue weighted by Gasteiger charge is -2.11. The second kappa shape index (κ2) is 8.31. The van der Waals surface area contributed by atoms with Gasteiger partial charge in [-0.15, -0.1) is 11.3 Å². The second-order valence-corrected chi connectivity index (χ2v) is 7.44. The zero-order valence-corrected chi connectivity index (χ0v) is 16.6. The van der Waals surface area contributed by atoms with Crippen molar-refractivity contribution < 1.29 is 14.0 Å². The van der Waals surface area contributed by atoms with E-state index >= 15 is 0 Å². The third-order valence-corrected chi connectivity index (χ3v) is 5.45. The summed E-state index contributed by atoms with van der Waals surface area (Å²) < 4.78 is 13.1. The van der Waals surface area contributed by atoms with Crippen molar-refractivity contribution in [3.05, 3.63) is 70.0 Å². The van der Waals surface area contributed by atoms with Crippen LogP contribution in [0, 0.1) is 26.6 Å². The van der Waals surface area contributed by atoms with Crippen molar-refractivity contribution in [1.29, 1.82) is 0 Å². The summed E-state index contributed by atoms with van der Waals surface area (Å²) in [5, 5.41) is 6.09. The van der Waals surface area contributed by atoms with Gasteiger partial charge in [-0.25, -0.2) is 9.37 Å². The largest absolute Gasteiger partial charge is 0.342 e. The Hall–Kier alpha value is -3.06. The summed E-state index contributed by atoms with van der Waals surface area (Å²) in [6.07, 6.45) is 0. The van der Waals surface area contributed by atoms with Crippen LogP contribution in [0.2, 0.25) is 0 Å². The third kappa shape index (κ3) is 4.43. The monoisotopic (exact) mass is 397 g/mol. The van der Waals surface area contributed by atoms with E-state index in [0.717, 1.165) is 22.4 Å². The molecular formula is C21H20FN3O2S. The maximum Gasteiger partial charge on any atom is 0.263 e. The summed E-state index contributed by atoms with van der Waals surface area (Å²) in [6.45, 7) is 5.42. The number of aryl methyl sites for hydroxylation is 3. The van der Waals surface area contributed by atoms with E-state index in [4.69, 9.17) is 0 Å². The molecule has 1 aromatic heterocycles. The summed E-state index contributed by atoms with van der Waals surface area (Å²) in [7, 11) is 0. The maximum atomic E-state index is 13.1. The Balaban J connectivity index is 1.65. The van der Waals surface area contributed by atoms with Crippen molar-refractivity contribution in [2.45, 2.75) is 20.8 Å². The lowest BCUT2D eigenvalue weighted by Crippen LogP contribution is -2.33. The van der Waals surface area contributed by atoms with Crippen LogP contribution in [0.1, 0.15) is 26.5 Å². The molecule has 2 aromatic carbocycles. The number of carbonyl (C=O) groups is 2. The van der Waals surface area contributed by atoms with Gasteiger partial charge in [0.1, 0.15) is 15.7 Å². The Bertz CT molecular complexity index is 1010. The topological polar surface area (TPSA) is 71.1 Å². The van der Waals surface area contributed by atoms with Gasteiger partial charge in [0, 0.05) is 11.3 Å². The molecule has 0 atom stereocenters. The van der Waals surface area contributed by atoms with Crippen LogP contribution >= 0.6 is 11.3 Å². The minimum atomic E-state index is -0.361. The van der Waals surface area contributed by atoms with Gasteiger partial charge in [-0.2, -0.15) is 0 Å². The predicted molar refractivity (Wildman–Crippen MR) is 109 cm³/mol. The molecule has 0 aliphatic heterocycles. The second-order valence-electron chi connectivity index (χ2n) is 6.44. The first-order valence-electron chi connectivity index (χ1n) is 8.73. The Labute approximate surface area is 166 Å². The van der Waals surface area contributed by atoms with Gasteiger partial charge < -0.3 is 10.6 Å². The lowest BCUT2D eigenvalue weighted by atomic mass is 10.1. The van der Waals surface area contributed by atoms with Crippen molar-refractivity contribution in [2.24, 2.45) is 0 Å². The molecule has 3 aromatic rings. The maximum absolute atomic E-state index is 13.1. The molecule has 0 radical (unpaired) electrons. The standard InChI is InChI=1S/C21H20FN3O2S/c1-12-5-4-6-13(2)18(12)25-17(26)11-23-20(27)19-14(3)24-21(28-19)15-7-9-16(22)10-8-15/h4-10H,11H2,1-3H3,(H,23,27)(H,25,26). The number of halogens is 1. The Kier molecular flexibility index (Phi) is 5.84. The van der Waals surface area contributed by atoms with Crippen LogP contribution in [-0.4, -0.2) is 23.3 Å². The van der Waals surface area contributed by atoms with Crippen LogP contribution in [-0.2, 0) is 4.79 Å². The van der Waals surface area contributed by atoms with E-state index < -0.39 is 0 Å². The van der Waals surface area contributed by atoms with Crippen molar-refractivity contribution in [3.8, 4) is 10.6 Å². The zero-order chi connectivity index (χ0) is 20.3. The van der Waals surface area contributed by atoms with E-state index in [1.807, 2.05) is 32.0 Å². The molecule has 28 heavy (non-hydrogen) atoms. The lowest BCUT2D eigenvalue weighted by molar-refractivity contribution is -0.115. The number of anilines is 1. The highest BCUT2D eigenvalue weighted by Gasteiger charge is 2.17. The molecule has 144 valence electrons. The number of thiazole rings is 1. The van der Waals surface area contributed by atoms with Gasteiger partial charge in [0.05, 0.1) is 12.2 Å². The number of carbonyl (C=O) groups excluding carboxylic acids is 2. The summed E-state index contributed by atoms with van der Waals surface area (Å²) in [4.78, 5) is 29.5. The molecule has 0 aliphatic carbocycles. The molecule has 2 N–H and O–H groups in total. The summed E-state index contributed by atoms with van der Waals surface area (Å²) >= 11 is 1.21. The molecule has 0 unspecified atom stereocenters. The van der Waals surface area contributed by atoms with E-state index in [9.17, 15) is 14.0 Å².